The van der Waals surface area contributed by atoms with Crippen LogP contribution >= 0.6 is 22.4 Å². The Labute approximate surface area is 61.4 Å². The van der Waals surface area contributed by atoms with Crippen LogP contribution in [0.4, 0.5) is 0 Å². The second-order valence-electron chi connectivity index (χ2n) is 1.28. The predicted octanol–water partition coefficient (Wildman–Crippen LogP) is 0.420. The maximum atomic E-state index is 10.4. The van der Waals surface area contributed by atoms with Crippen LogP contribution in [0.1, 0.15) is 0 Å². The number of thioether (sulfide) groups is 1. The van der Waals surface area contributed by atoms with Gasteiger partial charge in [0, 0.05) is 10.7 Å². The van der Waals surface area contributed by atoms with Crippen LogP contribution in [-0.4, -0.2) is 24.3 Å². The van der Waals surface area contributed by atoms with E-state index in [1.165, 1.54) is 17.3 Å². The maximum Gasteiger partial charge on any atom is 0.337 e. The first-order chi connectivity index (χ1) is 4.11. The highest BCUT2D eigenvalue weighted by atomic mass is 35.7. The molecule has 0 aromatic rings. The molecule has 0 atom stereocenters. The van der Waals surface area contributed by atoms with Gasteiger partial charge in [-0.3, -0.25) is 0 Å². The van der Waals surface area contributed by atoms with E-state index in [9.17, 15) is 8.42 Å². The lowest BCUT2D eigenvalue weighted by Crippen LogP contribution is -2.16. The lowest BCUT2D eigenvalue weighted by atomic mass is 11.5. The Hall–Kier alpha value is 0.0600. The van der Waals surface area contributed by atoms with Gasteiger partial charge in [-0.15, -0.1) is 0 Å². The van der Waals surface area contributed by atoms with Gasteiger partial charge >= 0.3 is 9.24 Å². The average molecular weight is 187 g/mol. The molecule has 0 saturated carbocycles. The maximum absolute atomic E-state index is 10.4. The summed E-state index contributed by atoms with van der Waals surface area (Å²) in [6.07, 6.45) is 0. The van der Waals surface area contributed by atoms with Crippen LogP contribution in [-0.2, 0) is 9.24 Å². The normalized spacial score (nSPS) is 19.0. The minimum atomic E-state index is -3.62. The van der Waals surface area contributed by atoms with Gasteiger partial charge in [0.2, 0.25) is 0 Å². The van der Waals surface area contributed by atoms with Gasteiger partial charge in [-0.1, -0.05) is 11.8 Å². The highest BCUT2D eigenvalue weighted by Gasteiger charge is 2.18. The Bertz CT molecular complexity index is 223. The molecule has 0 spiro atoms. The van der Waals surface area contributed by atoms with Crippen molar-refractivity contribution in [1.82, 2.24) is 4.41 Å². The number of hydrogen-bond acceptors (Lipinski definition) is 4. The molecule has 4 nitrogen and oxygen atoms in total. The second kappa shape index (κ2) is 2.36. The minimum absolute atomic E-state index is 0.284. The molecule has 0 fully saturated rings. The molecular weight excluding hydrogens is 184 g/mol. The molecule has 0 radical (unpaired) electrons. The van der Waals surface area contributed by atoms with Gasteiger partial charge in [0.25, 0.3) is 0 Å². The first kappa shape index (κ1) is 7.17. The van der Waals surface area contributed by atoms with Crippen molar-refractivity contribution in [3.05, 3.63) is 0 Å². The van der Waals surface area contributed by atoms with E-state index in [0.717, 1.165) is 4.41 Å². The van der Waals surface area contributed by atoms with Gasteiger partial charge in [0.15, 0.2) is 0 Å². The summed E-state index contributed by atoms with van der Waals surface area (Å²) in [6, 6.07) is 0. The van der Waals surface area contributed by atoms with E-state index in [4.69, 9.17) is 10.7 Å². The SMILES string of the molecule is O=S(=O)(Cl)N1CSC=N1. The predicted molar refractivity (Wildman–Crippen MR) is 37.6 cm³/mol. The van der Waals surface area contributed by atoms with Gasteiger partial charge in [0.05, 0.1) is 5.55 Å². The molecule has 1 rings (SSSR count). The van der Waals surface area contributed by atoms with Crippen LogP contribution < -0.4 is 0 Å². The van der Waals surface area contributed by atoms with Crippen LogP contribution in [0.5, 0.6) is 0 Å². The summed E-state index contributed by atoms with van der Waals surface area (Å²) in [5.74, 6) is 0.284. The molecule has 9 heavy (non-hydrogen) atoms. The van der Waals surface area contributed by atoms with Crippen molar-refractivity contribution in [1.29, 1.82) is 0 Å². The molecule has 0 aromatic heterocycles. The van der Waals surface area contributed by atoms with E-state index in [1.54, 1.807) is 0 Å². The third kappa shape index (κ3) is 1.74. The Balaban J connectivity index is 2.76. The van der Waals surface area contributed by atoms with Crippen molar-refractivity contribution in [2.24, 2.45) is 5.10 Å². The van der Waals surface area contributed by atoms with E-state index in [1.807, 2.05) is 0 Å². The molecule has 0 N–H and O–H groups in total. The molecule has 1 aliphatic heterocycles. The molecule has 52 valence electrons. The fraction of sp³-hybridized carbons (Fsp3) is 0.500. The molecule has 7 heteroatoms. The summed E-state index contributed by atoms with van der Waals surface area (Å²) in [4.78, 5) is 0. The number of nitrogens with zero attached hydrogens (tertiary/aromatic N) is 2. The third-order valence-electron chi connectivity index (χ3n) is 0.687. The van der Waals surface area contributed by atoms with Gasteiger partial charge in [-0.25, -0.2) is 0 Å². The Morgan fingerprint density at radius 3 is 2.67 bits per heavy atom. The Morgan fingerprint density at radius 1 is 1.78 bits per heavy atom. The summed E-state index contributed by atoms with van der Waals surface area (Å²) in [6.45, 7) is 0. The van der Waals surface area contributed by atoms with Crippen LogP contribution in [0.3, 0.4) is 0 Å². The van der Waals surface area contributed by atoms with Crippen molar-refractivity contribution in [2.75, 3.05) is 5.88 Å². The van der Waals surface area contributed by atoms with Gasteiger partial charge in [-0.2, -0.15) is 17.9 Å². The summed E-state index contributed by atoms with van der Waals surface area (Å²) in [5, 5.41) is 3.46. The highest BCUT2D eigenvalue weighted by molar-refractivity contribution is 8.15. The summed E-state index contributed by atoms with van der Waals surface area (Å²) in [7, 11) is 1.29. The number of rotatable bonds is 1. The zero-order valence-corrected chi connectivity index (χ0v) is 6.58. The quantitative estimate of drug-likeness (QED) is 0.558. The highest BCUT2D eigenvalue weighted by Crippen LogP contribution is 2.16. The van der Waals surface area contributed by atoms with Gasteiger partial charge in [-0.05, 0) is 0 Å². The zero-order chi connectivity index (χ0) is 6.91. The number of hydrazone groups is 1. The molecule has 1 heterocycles. The summed E-state index contributed by atoms with van der Waals surface area (Å²) in [5.41, 5.74) is 1.43. The second-order valence-corrected chi connectivity index (χ2v) is 4.50. The van der Waals surface area contributed by atoms with Crippen molar-refractivity contribution in [3.8, 4) is 0 Å². The molecule has 1 aliphatic rings. The Kier molecular flexibility index (Phi) is 1.88. The van der Waals surface area contributed by atoms with Crippen LogP contribution in [0.25, 0.3) is 0 Å². The third-order valence-corrected chi connectivity index (χ3v) is 2.69. The average Bonchev–Trinajstić information content (AvgIpc) is 2.08. The molecular formula is C2H3ClN2O2S2. The van der Waals surface area contributed by atoms with Crippen molar-refractivity contribution < 1.29 is 8.42 Å². The fourth-order valence-corrected chi connectivity index (χ4v) is 2.15. The van der Waals surface area contributed by atoms with E-state index < -0.39 is 9.24 Å². The number of hydrogen-bond donors (Lipinski definition) is 0. The summed E-state index contributed by atoms with van der Waals surface area (Å²) < 4.78 is 21.6. The van der Waals surface area contributed by atoms with Crippen LogP contribution in [0, 0.1) is 0 Å². The molecule has 0 saturated heterocycles. The van der Waals surface area contributed by atoms with Gasteiger partial charge in [0.1, 0.15) is 5.88 Å². The van der Waals surface area contributed by atoms with Gasteiger partial charge < -0.3 is 0 Å². The zero-order valence-electron chi connectivity index (χ0n) is 4.19. The van der Waals surface area contributed by atoms with E-state index in [2.05, 4.69) is 5.10 Å². The molecule has 0 amide bonds. The van der Waals surface area contributed by atoms with E-state index in [-0.39, 0.29) is 5.88 Å². The van der Waals surface area contributed by atoms with E-state index in [0.29, 0.717) is 0 Å². The van der Waals surface area contributed by atoms with E-state index >= 15 is 0 Å². The van der Waals surface area contributed by atoms with Crippen LogP contribution in [0.15, 0.2) is 5.10 Å². The van der Waals surface area contributed by atoms with Crippen molar-refractivity contribution >= 4 is 37.2 Å². The van der Waals surface area contributed by atoms with Crippen molar-refractivity contribution in [2.45, 2.75) is 0 Å². The molecule has 0 unspecified atom stereocenters. The number of halogens is 1. The standard InChI is InChI=1S/C2H3ClN2O2S2/c3-9(6,7)5-2-8-1-4-5/h1H,2H2. The van der Waals surface area contributed by atoms with Crippen LogP contribution in [0.2, 0.25) is 0 Å². The summed E-state index contributed by atoms with van der Waals surface area (Å²) >= 11 is 1.28. The largest absolute Gasteiger partial charge is 0.337 e. The Morgan fingerprint density at radius 2 is 2.44 bits per heavy atom. The minimum Gasteiger partial charge on any atom is -0.187 e. The lowest BCUT2D eigenvalue weighted by Gasteiger charge is -2.04. The molecule has 0 aliphatic carbocycles. The smallest absolute Gasteiger partial charge is 0.187 e. The fourth-order valence-electron chi connectivity index (χ4n) is 0.336. The lowest BCUT2D eigenvalue weighted by molar-refractivity contribution is 0.501. The molecule has 0 aromatic carbocycles. The monoisotopic (exact) mass is 186 g/mol. The first-order valence-corrected chi connectivity index (χ1v) is 5.28. The molecule has 0 bridgehead atoms. The topological polar surface area (TPSA) is 49.7 Å². The first-order valence-electron chi connectivity index (χ1n) is 1.97. The van der Waals surface area contributed by atoms with Crippen molar-refractivity contribution in [3.63, 3.8) is 0 Å².